The van der Waals surface area contributed by atoms with Crippen LogP contribution in [0.1, 0.15) is 0 Å². The molecule has 0 amide bonds. The number of aliphatic hydroxyl groups excluding tert-OH is 1. The quantitative estimate of drug-likeness (QED) is 0.506. The molecule has 0 radical (unpaired) electrons. The van der Waals surface area contributed by atoms with Gasteiger partial charge in [-0.1, -0.05) is 11.6 Å². The topological polar surface area (TPSA) is 72.6 Å². The Morgan fingerprint density at radius 2 is 2.24 bits per heavy atom. The van der Waals surface area contributed by atoms with Crippen molar-refractivity contribution in [1.82, 2.24) is 0 Å². The van der Waals surface area contributed by atoms with Gasteiger partial charge >= 0.3 is 5.69 Å². The molecule has 1 aromatic carbocycles. The third kappa shape index (κ3) is 3.99. The second-order valence-electron chi connectivity index (χ2n) is 3.11. The lowest BCUT2D eigenvalue weighted by Crippen LogP contribution is -2.19. The molecule has 0 aromatic heterocycles. The molecule has 1 N–H and O–H groups in total. The second-order valence-corrected chi connectivity index (χ2v) is 4.71. The summed E-state index contributed by atoms with van der Waals surface area (Å²) in [6, 6.07) is 2.64. The maximum Gasteiger partial charge on any atom is 0.313 e. The summed E-state index contributed by atoms with van der Waals surface area (Å²) in [5.41, 5.74) is -0.272. The fraction of sp³-hybridized carbons (Fsp3) is 0.333. The molecule has 0 saturated carbocycles. The van der Waals surface area contributed by atoms with Gasteiger partial charge in [-0.3, -0.25) is 10.1 Å². The van der Waals surface area contributed by atoms with Crippen LogP contribution in [0.15, 0.2) is 16.6 Å². The van der Waals surface area contributed by atoms with Gasteiger partial charge in [-0.15, -0.1) is 11.6 Å². The number of ether oxygens (including phenoxy) is 1. The van der Waals surface area contributed by atoms with E-state index in [1.54, 1.807) is 0 Å². The highest BCUT2D eigenvalue weighted by Gasteiger charge is 2.20. The summed E-state index contributed by atoms with van der Waals surface area (Å²) in [7, 11) is 0. The van der Waals surface area contributed by atoms with Crippen LogP contribution < -0.4 is 4.74 Å². The molecular weight excluding hydrogens is 337 g/mol. The van der Waals surface area contributed by atoms with Crippen molar-refractivity contribution in [3.05, 3.63) is 31.7 Å². The van der Waals surface area contributed by atoms with Gasteiger partial charge in [0.25, 0.3) is 0 Å². The number of aliphatic hydroxyl groups is 1. The van der Waals surface area contributed by atoms with Gasteiger partial charge in [0, 0.05) is 11.1 Å². The van der Waals surface area contributed by atoms with E-state index >= 15 is 0 Å². The van der Waals surface area contributed by atoms with Crippen LogP contribution in [0, 0.1) is 10.1 Å². The van der Waals surface area contributed by atoms with Crippen molar-refractivity contribution in [2.75, 3.05) is 12.5 Å². The maximum absolute atomic E-state index is 10.8. The number of benzene rings is 1. The molecule has 1 aromatic rings. The van der Waals surface area contributed by atoms with Gasteiger partial charge in [0.1, 0.15) is 12.7 Å². The number of nitrogens with zero attached hydrogens (tertiary/aromatic N) is 1. The highest BCUT2D eigenvalue weighted by atomic mass is 79.9. The monoisotopic (exact) mass is 343 g/mol. The van der Waals surface area contributed by atoms with Gasteiger partial charge in [0.15, 0.2) is 0 Å². The normalized spacial score (nSPS) is 12.2. The molecule has 1 unspecified atom stereocenters. The Morgan fingerprint density at radius 1 is 1.59 bits per heavy atom. The molecular formula is C9H8BrCl2NO4. The molecule has 94 valence electrons. The van der Waals surface area contributed by atoms with Crippen LogP contribution in [-0.4, -0.2) is 28.6 Å². The van der Waals surface area contributed by atoms with Crippen molar-refractivity contribution >= 4 is 44.8 Å². The minimum Gasteiger partial charge on any atom is -0.483 e. The first-order valence-corrected chi connectivity index (χ1v) is 6.16. The molecule has 0 fully saturated rings. The molecule has 1 atom stereocenters. The van der Waals surface area contributed by atoms with Crippen LogP contribution in [0.4, 0.5) is 5.69 Å². The number of alkyl halides is 1. The lowest BCUT2D eigenvalue weighted by atomic mass is 10.3. The Kier molecular flexibility index (Phi) is 5.45. The van der Waals surface area contributed by atoms with Crippen molar-refractivity contribution in [3.8, 4) is 5.75 Å². The van der Waals surface area contributed by atoms with Gasteiger partial charge in [0.05, 0.1) is 15.3 Å². The van der Waals surface area contributed by atoms with Crippen molar-refractivity contribution in [2.45, 2.75) is 6.10 Å². The van der Waals surface area contributed by atoms with Crippen molar-refractivity contribution in [3.63, 3.8) is 0 Å². The number of nitro groups is 1. The van der Waals surface area contributed by atoms with Crippen molar-refractivity contribution in [2.24, 2.45) is 0 Å². The highest BCUT2D eigenvalue weighted by molar-refractivity contribution is 9.10. The number of rotatable bonds is 5. The molecule has 0 saturated heterocycles. The largest absolute Gasteiger partial charge is 0.483 e. The smallest absolute Gasteiger partial charge is 0.313 e. The molecule has 5 nitrogen and oxygen atoms in total. The third-order valence-corrected chi connectivity index (χ3v) is 2.95. The van der Waals surface area contributed by atoms with E-state index in [1.165, 1.54) is 12.1 Å². The van der Waals surface area contributed by atoms with E-state index in [9.17, 15) is 15.2 Å². The molecule has 1 rings (SSSR count). The first kappa shape index (κ1) is 14.5. The van der Waals surface area contributed by atoms with Crippen molar-refractivity contribution in [1.29, 1.82) is 0 Å². The molecule has 0 aliphatic rings. The lowest BCUT2D eigenvalue weighted by molar-refractivity contribution is -0.386. The van der Waals surface area contributed by atoms with Crippen LogP contribution in [0.25, 0.3) is 0 Å². The zero-order valence-corrected chi connectivity index (χ0v) is 11.5. The lowest BCUT2D eigenvalue weighted by Gasteiger charge is -2.11. The Labute approximate surface area is 116 Å². The summed E-state index contributed by atoms with van der Waals surface area (Å²) in [5, 5.41) is 20.2. The van der Waals surface area contributed by atoms with Gasteiger partial charge in [-0.25, -0.2) is 0 Å². The van der Waals surface area contributed by atoms with Crippen LogP contribution in [0.5, 0.6) is 5.75 Å². The van der Waals surface area contributed by atoms with Gasteiger partial charge in [0.2, 0.25) is 5.75 Å². The van der Waals surface area contributed by atoms with E-state index in [-0.39, 0.29) is 28.9 Å². The van der Waals surface area contributed by atoms with E-state index in [4.69, 9.17) is 27.9 Å². The predicted octanol–water partition coefficient (Wildman–Crippen LogP) is 2.99. The molecule has 17 heavy (non-hydrogen) atoms. The first-order valence-electron chi connectivity index (χ1n) is 4.46. The Morgan fingerprint density at radius 3 is 2.76 bits per heavy atom. The number of hydrogen-bond donors (Lipinski definition) is 1. The number of halogens is 3. The Hall–Kier alpha value is -0.560. The standard InChI is InChI=1S/C9H8BrCl2NO4/c10-7-1-5(12)2-8(13(15)16)9(7)17-4-6(14)3-11/h1-2,6,14H,3-4H2. The summed E-state index contributed by atoms with van der Waals surface area (Å²) < 4.78 is 5.50. The van der Waals surface area contributed by atoms with E-state index in [2.05, 4.69) is 15.9 Å². The highest BCUT2D eigenvalue weighted by Crippen LogP contribution is 2.37. The third-order valence-electron chi connectivity index (χ3n) is 1.78. The number of nitro benzene ring substituents is 1. The molecule has 0 spiro atoms. The van der Waals surface area contributed by atoms with Gasteiger partial charge < -0.3 is 9.84 Å². The summed E-state index contributed by atoms with van der Waals surface area (Å²) in [6.07, 6.45) is -0.890. The molecule has 0 heterocycles. The first-order chi connectivity index (χ1) is 7.95. The SMILES string of the molecule is O=[N+]([O-])c1cc(Cl)cc(Br)c1OCC(O)CCl. The van der Waals surface area contributed by atoms with E-state index in [0.29, 0.717) is 4.47 Å². The maximum atomic E-state index is 10.8. The number of hydrogen-bond acceptors (Lipinski definition) is 4. The van der Waals surface area contributed by atoms with E-state index in [1.807, 2.05) is 0 Å². The van der Waals surface area contributed by atoms with Crippen LogP contribution in [0.2, 0.25) is 5.02 Å². The zero-order chi connectivity index (χ0) is 13.0. The minimum absolute atomic E-state index is 0.0149. The second kappa shape index (κ2) is 6.39. The average molecular weight is 345 g/mol. The molecule has 0 aliphatic heterocycles. The van der Waals surface area contributed by atoms with Crippen LogP contribution in [0.3, 0.4) is 0 Å². The fourth-order valence-electron chi connectivity index (χ4n) is 1.05. The zero-order valence-electron chi connectivity index (χ0n) is 8.40. The molecule has 8 heteroatoms. The van der Waals surface area contributed by atoms with E-state index < -0.39 is 11.0 Å². The van der Waals surface area contributed by atoms with Gasteiger partial charge in [-0.2, -0.15) is 0 Å². The summed E-state index contributed by atoms with van der Waals surface area (Å²) in [6.45, 7) is -0.134. The summed E-state index contributed by atoms with van der Waals surface area (Å²) in [5.74, 6) is 0.00232. The predicted molar refractivity (Wildman–Crippen MR) is 68.0 cm³/mol. The fourth-order valence-corrected chi connectivity index (χ4v) is 2.05. The molecule has 0 bridgehead atoms. The Balaban J connectivity index is 3.00. The van der Waals surface area contributed by atoms with Crippen LogP contribution in [-0.2, 0) is 0 Å². The summed E-state index contributed by atoms with van der Waals surface area (Å²) >= 11 is 14.2. The van der Waals surface area contributed by atoms with E-state index in [0.717, 1.165) is 0 Å². The molecule has 0 aliphatic carbocycles. The minimum atomic E-state index is -0.890. The van der Waals surface area contributed by atoms with Gasteiger partial charge in [-0.05, 0) is 22.0 Å². The summed E-state index contributed by atoms with van der Waals surface area (Å²) in [4.78, 5) is 10.2. The van der Waals surface area contributed by atoms with Crippen molar-refractivity contribution < 1.29 is 14.8 Å². The average Bonchev–Trinajstić information content (AvgIpc) is 2.26. The van der Waals surface area contributed by atoms with Crippen LogP contribution >= 0.6 is 39.1 Å². The Bertz CT molecular complexity index is 430.